The molecule has 0 heterocycles. The number of rotatable bonds is 5. The summed E-state index contributed by atoms with van der Waals surface area (Å²) >= 11 is 6.79. The zero-order valence-electron chi connectivity index (χ0n) is 14.3. The SMILES string of the molecule is O=C(O)CC1C2CC3CC1C(Cl)C(C(F)(C(=O)O)c1ccccc1)(C3)C2. The molecule has 7 atom stereocenters. The zero-order valence-corrected chi connectivity index (χ0v) is 15.0. The first-order valence-electron chi connectivity index (χ1n) is 9.13. The van der Waals surface area contributed by atoms with Crippen molar-refractivity contribution in [1.29, 1.82) is 0 Å². The van der Waals surface area contributed by atoms with Gasteiger partial charge in [0.25, 0.3) is 0 Å². The van der Waals surface area contributed by atoms with Gasteiger partial charge in [0, 0.05) is 22.8 Å². The van der Waals surface area contributed by atoms with E-state index in [0.29, 0.717) is 12.8 Å². The van der Waals surface area contributed by atoms with Gasteiger partial charge < -0.3 is 10.2 Å². The Kier molecular flexibility index (Phi) is 4.07. The van der Waals surface area contributed by atoms with Crippen LogP contribution >= 0.6 is 11.6 Å². The van der Waals surface area contributed by atoms with Gasteiger partial charge in [-0.15, -0.1) is 11.6 Å². The monoisotopic (exact) mass is 380 g/mol. The van der Waals surface area contributed by atoms with E-state index in [1.807, 2.05) is 0 Å². The van der Waals surface area contributed by atoms with Crippen LogP contribution in [0.3, 0.4) is 0 Å². The molecule has 4 nitrogen and oxygen atoms in total. The van der Waals surface area contributed by atoms with Gasteiger partial charge in [0.05, 0.1) is 0 Å². The molecular formula is C20H22ClFO4. The van der Waals surface area contributed by atoms with Crippen molar-refractivity contribution in [3.63, 3.8) is 0 Å². The number of carbonyl (C=O) groups is 2. The molecule has 1 aromatic carbocycles. The van der Waals surface area contributed by atoms with Crippen LogP contribution in [0.2, 0.25) is 0 Å². The lowest BCUT2D eigenvalue weighted by Crippen LogP contribution is -2.66. The van der Waals surface area contributed by atoms with Crippen LogP contribution in [-0.4, -0.2) is 27.5 Å². The van der Waals surface area contributed by atoms with E-state index in [2.05, 4.69) is 0 Å². The molecule has 140 valence electrons. The fraction of sp³-hybridized carbons (Fsp3) is 0.600. The van der Waals surface area contributed by atoms with Gasteiger partial charge in [-0.25, -0.2) is 9.18 Å². The van der Waals surface area contributed by atoms with Gasteiger partial charge in [0.2, 0.25) is 5.67 Å². The fourth-order valence-electron chi connectivity index (χ4n) is 6.33. The predicted molar refractivity (Wildman–Crippen MR) is 93.6 cm³/mol. The Morgan fingerprint density at radius 2 is 1.88 bits per heavy atom. The van der Waals surface area contributed by atoms with Crippen molar-refractivity contribution in [2.24, 2.45) is 29.1 Å². The lowest BCUT2D eigenvalue weighted by Gasteiger charge is -2.65. The second-order valence-corrected chi connectivity index (χ2v) is 8.79. The Labute approximate surface area is 156 Å². The third-order valence-corrected chi connectivity index (χ3v) is 7.88. The van der Waals surface area contributed by atoms with E-state index < -0.39 is 28.4 Å². The maximum absolute atomic E-state index is 16.4. The van der Waals surface area contributed by atoms with Crippen molar-refractivity contribution in [1.82, 2.24) is 0 Å². The highest BCUT2D eigenvalue weighted by Gasteiger charge is 2.71. The summed E-state index contributed by atoms with van der Waals surface area (Å²) in [6.07, 6.45) is 2.44. The van der Waals surface area contributed by atoms with Crippen LogP contribution in [0.1, 0.15) is 37.7 Å². The third kappa shape index (κ3) is 2.25. The van der Waals surface area contributed by atoms with E-state index in [0.717, 1.165) is 12.8 Å². The zero-order chi connectivity index (χ0) is 18.7. The highest BCUT2D eigenvalue weighted by molar-refractivity contribution is 6.22. The van der Waals surface area contributed by atoms with E-state index >= 15 is 4.39 Å². The van der Waals surface area contributed by atoms with Gasteiger partial charge in [-0.2, -0.15) is 0 Å². The quantitative estimate of drug-likeness (QED) is 0.755. The van der Waals surface area contributed by atoms with Crippen LogP contribution in [0.15, 0.2) is 30.3 Å². The number of hydrogen-bond donors (Lipinski definition) is 2. The Morgan fingerprint density at radius 1 is 1.19 bits per heavy atom. The van der Waals surface area contributed by atoms with Crippen LogP contribution in [0.5, 0.6) is 0 Å². The van der Waals surface area contributed by atoms with Crippen molar-refractivity contribution < 1.29 is 24.2 Å². The largest absolute Gasteiger partial charge is 0.481 e. The second-order valence-electron chi connectivity index (χ2n) is 8.32. The first-order chi connectivity index (χ1) is 12.3. The number of aliphatic carboxylic acids is 2. The molecule has 26 heavy (non-hydrogen) atoms. The Morgan fingerprint density at radius 3 is 2.50 bits per heavy atom. The molecule has 2 N–H and O–H groups in total. The standard InChI is InChI=1S/C20H22ClFO4/c21-17-15-7-11-6-12(14(15)8-16(23)24)10-19(17,9-11)20(22,18(25)26)13-4-2-1-3-5-13/h1-5,11-12,14-15,17H,6-10H2,(H,23,24)(H,25,26). The average Bonchev–Trinajstić information content (AvgIpc) is 2.61. The molecular weight excluding hydrogens is 359 g/mol. The number of alkyl halides is 2. The summed E-state index contributed by atoms with van der Waals surface area (Å²) in [6.45, 7) is 0. The molecule has 4 aliphatic rings. The van der Waals surface area contributed by atoms with Gasteiger partial charge in [-0.1, -0.05) is 30.3 Å². The molecule has 0 aromatic heterocycles. The minimum absolute atomic E-state index is 0.0248. The summed E-state index contributed by atoms with van der Waals surface area (Å²) in [5.41, 5.74) is -3.62. The molecule has 0 spiro atoms. The Hall–Kier alpha value is -1.62. The highest BCUT2D eigenvalue weighted by Crippen LogP contribution is 2.70. The molecule has 0 amide bonds. The molecule has 4 bridgehead atoms. The van der Waals surface area contributed by atoms with E-state index in [-0.39, 0.29) is 35.7 Å². The van der Waals surface area contributed by atoms with Crippen molar-refractivity contribution in [2.75, 3.05) is 0 Å². The van der Waals surface area contributed by atoms with E-state index in [9.17, 15) is 19.8 Å². The summed E-state index contributed by atoms with van der Waals surface area (Å²) in [6, 6.07) is 8.05. The van der Waals surface area contributed by atoms with Crippen LogP contribution in [0.4, 0.5) is 4.39 Å². The first-order valence-corrected chi connectivity index (χ1v) is 9.57. The van der Waals surface area contributed by atoms with Crippen LogP contribution < -0.4 is 0 Å². The molecule has 5 rings (SSSR count). The minimum atomic E-state index is -2.57. The number of hydrogen-bond acceptors (Lipinski definition) is 2. The van der Waals surface area contributed by atoms with Crippen molar-refractivity contribution in [3.05, 3.63) is 35.9 Å². The van der Waals surface area contributed by atoms with E-state index in [1.165, 1.54) is 12.1 Å². The van der Waals surface area contributed by atoms with Crippen molar-refractivity contribution in [3.8, 4) is 0 Å². The van der Waals surface area contributed by atoms with E-state index in [4.69, 9.17) is 11.6 Å². The first kappa shape index (κ1) is 17.8. The van der Waals surface area contributed by atoms with Crippen LogP contribution in [0, 0.1) is 29.1 Å². The normalized spacial score (nSPS) is 40.2. The summed E-state index contributed by atoms with van der Waals surface area (Å²) in [5.74, 6) is -2.35. The highest BCUT2D eigenvalue weighted by atomic mass is 35.5. The number of benzene rings is 1. The van der Waals surface area contributed by atoms with Crippen LogP contribution in [-0.2, 0) is 15.3 Å². The third-order valence-electron chi connectivity index (χ3n) is 7.14. The summed E-state index contributed by atoms with van der Waals surface area (Å²) in [5, 5.41) is 18.5. The summed E-state index contributed by atoms with van der Waals surface area (Å²) in [4.78, 5) is 23.5. The number of carboxylic acid groups (broad SMARTS) is 2. The van der Waals surface area contributed by atoms with Crippen LogP contribution in [0.25, 0.3) is 0 Å². The minimum Gasteiger partial charge on any atom is -0.481 e. The lowest BCUT2D eigenvalue weighted by atomic mass is 9.41. The lowest BCUT2D eigenvalue weighted by molar-refractivity contribution is -0.195. The molecule has 4 saturated carbocycles. The molecule has 0 saturated heterocycles. The summed E-state index contributed by atoms with van der Waals surface area (Å²) < 4.78 is 16.4. The summed E-state index contributed by atoms with van der Waals surface area (Å²) in [7, 11) is 0. The maximum atomic E-state index is 16.4. The second kappa shape index (κ2) is 5.95. The molecule has 4 fully saturated rings. The van der Waals surface area contributed by atoms with Gasteiger partial charge in [-0.3, -0.25) is 4.79 Å². The maximum Gasteiger partial charge on any atom is 0.346 e. The van der Waals surface area contributed by atoms with E-state index in [1.54, 1.807) is 18.2 Å². The molecule has 6 heteroatoms. The Balaban J connectivity index is 1.81. The van der Waals surface area contributed by atoms with Gasteiger partial charge >= 0.3 is 11.9 Å². The average molecular weight is 381 g/mol. The molecule has 1 aromatic rings. The van der Waals surface area contributed by atoms with Gasteiger partial charge in [0.15, 0.2) is 0 Å². The molecule has 0 aliphatic heterocycles. The fourth-order valence-corrected chi connectivity index (χ4v) is 6.95. The molecule has 7 unspecified atom stereocenters. The smallest absolute Gasteiger partial charge is 0.346 e. The predicted octanol–water partition coefficient (Wildman–Crippen LogP) is 4.07. The van der Waals surface area contributed by atoms with Crippen molar-refractivity contribution >= 4 is 23.5 Å². The number of halogens is 2. The number of carboxylic acids is 2. The topological polar surface area (TPSA) is 74.6 Å². The van der Waals surface area contributed by atoms with Gasteiger partial charge in [-0.05, 0) is 49.4 Å². The Bertz CT molecular complexity index is 741. The molecule has 0 radical (unpaired) electrons. The van der Waals surface area contributed by atoms with Crippen molar-refractivity contribution in [2.45, 2.75) is 43.1 Å². The van der Waals surface area contributed by atoms with Gasteiger partial charge in [0.1, 0.15) is 0 Å². The molecule has 4 aliphatic carbocycles.